The van der Waals surface area contributed by atoms with E-state index in [1.807, 2.05) is 0 Å². The normalized spacial score (nSPS) is 20.4. The van der Waals surface area contributed by atoms with Crippen molar-refractivity contribution < 1.29 is 32.6 Å². The van der Waals surface area contributed by atoms with Crippen LogP contribution in [0.25, 0.3) is 21.2 Å². The van der Waals surface area contributed by atoms with E-state index >= 15 is 0 Å². The molecule has 2 saturated carbocycles. The Morgan fingerprint density at radius 3 is 2.43 bits per heavy atom. The van der Waals surface area contributed by atoms with Gasteiger partial charge in [-0.2, -0.15) is 0 Å². The first-order valence-electron chi connectivity index (χ1n) is 12.5. The molecule has 2 aliphatic rings. The van der Waals surface area contributed by atoms with Crippen LogP contribution in [0.5, 0.6) is 5.75 Å². The highest BCUT2D eigenvalue weighted by atomic mass is 32.1. The van der Waals surface area contributed by atoms with Crippen LogP contribution in [0.4, 0.5) is 13.2 Å². The van der Waals surface area contributed by atoms with Crippen molar-refractivity contribution in [2.45, 2.75) is 63.8 Å². The number of nitrogens with zero attached hydrogens (tertiary/aromatic N) is 1. The zero-order valence-corrected chi connectivity index (χ0v) is 20.8. The number of carboxylic acids is 1. The topological polar surface area (TPSA) is 88.5 Å². The number of alkyl halides is 3. The Morgan fingerprint density at radius 2 is 1.76 bits per heavy atom. The summed E-state index contributed by atoms with van der Waals surface area (Å²) in [4.78, 5) is 29.6. The van der Waals surface area contributed by atoms with Gasteiger partial charge in [0.2, 0.25) is 0 Å². The van der Waals surface area contributed by atoms with E-state index in [4.69, 9.17) is 10.1 Å². The number of carboxylic acid groups (broad SMARTS) is 1. The summed E-state index contributed by atoms with van der Waals surface area (Å²) < 4.78 is 43.3. The maximum atomic E-state index is 13.0. The van der Waals surface area contributed by atoms with Gasteiger partial charge >= 0.3 is 12.3 Å². The van der Waals surface area contributed by atoms with Crippen LogP contribution in [-0.2, 0) is 11.2 Å². The zero-order valence-electron chi connectivity index (χ0n) is 20.0. The second kappa shape index (κ2) is 10.3. The summed E-state index contributed by atoms with van der Waals surface area (Å²) in [7, 11) is 0. The lowest BCUT2D eigenvalue weighted by molar-refractivity contribution is -0.274. The number of benzene rings is 2. The van der Waals surface area contributed by atoms with Crippen LogP contribution >= 0.6 is 11.3 Å². The molecular formula is C27H27F3N2O4S. The fourth-order valence-electron chi connectivity index (χ4n) is 5.33. The van der Waals surface area contributed by atoms with E-state index in [1.54, 1.807) is 30.3 Å². The Hall–Kier alpha value is -3.14. The van der Waals surface area contributed by atoms with E-state index < -0.39 is 18.2 Å². The fourth-order valence-corrected chi connectivity index (χ4v) is 6.37. The Kier molecular flexibility index (Phi) is 7.11. The molecule has 2 fully saturated rings. The van der Waals surface area contributed by atoms with Crippen LogP contribution in [-0.4, -0.2) is 34.4 Å². The Bertz CT molecular complexity index is 1310. The summed E-state index contributed by atoms with van der Waals surface area (Å²) in [6, 6.07) is 9.47. The first-order valence-corrected chi connectivity index (χ1v) is 13.3. The molecule has 1 aromatic heterocycles. The molecule has 2 aliphatic carbocycles. The van der Waals surface area contributed by atoms with Crippen molar-refractivity contribution in [1.82, 2.24) is 10.3 Å². The van der Waals surface area contributed by atoms with E-state index in [2.05, 4.69) is 10.1 Å². The minimum Gasteiger partial charge on any atom is -0.481 e. The van der Waals surface area contributed by atoms with Crippen molar-refractivity contribution >= 4 is 34.0 Å². The third kappa shape index (κ3) is 5.74. The zero-order chi connectivity index (χ0) is 26.2. The highest BCUT2D eigenvalue weighted by Crippen LogP contribution is 2.42. The van der Waals surface area contributed by atoms with E-state index in [9.17, 15) is 22.8 Å². The van der Waals surface area contributed by atoms with Crippen LogP contribution in [0.2, 0.25) is 0 Å². The number of carbonyl (C=O) groups excluding carboxylic acids is 1. The summed E-state index contributed by atoms with van der Waals surface area (Å²) in [5, 5.41) is 13.2. The molecule has 0 spiro atoms. The second-order valence-electron chi connectivity index (χ2n) is 9.88. The summed E-state index contributed by atoms with van der Waals surface area (Å²) >= 11 is 1.22. The van der Waals surface area contributed by atoms with Gasteiger partial charge in [-0.1, -0.05) is 56.4 Å². The summed E-state index contributed by atoms with van der Waals surface area (Å²) in [5.74, 6) is -1.49. The number of fused-ring (bicyclic) bond motifs is 1. The van der Waals surface area contributed by atoms with Gasteiger partial charge in [-0.3, -0.25) is 9.59 Å². The predicted molar refractivity (Wildman–Crippen MR) is 134 cm³/mol. The van der Waals surface area contributed by atoms with Gasteiger partial charge in [-0.25, -0.2) is 4.98 Å². The number of halogens is 3. The molecule has 3 aromatic rings. The molecule has 0 atom stereocenters. The Balaban J connectivity index is 1.49. The monoisotopic (exact) mass is 532 g/mol. The number of hydrogen-bond acceptors (Lipinski definition) is 5. The van der Waals surface area contributed by atoms with Gasteiger partial charge in [0.1, 0.15) is 5.75 Å². The van der Waals surface area contributed by atoms with Gasteiger partial charge in [-0.15, -0.1) is 24.5 Å². The smallest absolute Gasteiger partial charge is 0.481 e. The number of rotatable bonds is 7. The van der Waals surface area contributed by atoms with Crippen molar-refractivity contribution in [3.05, 3.63) is 47.1 Å². The van der Waals surface area contributed by atoms with Crippen LogP contribution in [0.3, 0.4) is 0 Å². The number of ether oxygens (including phenoxy) is 1. The maximum absolute atomic E-state index is 13.0. The molecule has 0 aliphatic heterocycles. The molecule has 10 heteroatoms. The number of carbonyl (C=O) groups is 2. The molecular weight excluding hydrogens is 505 g/mol. The number of nitrogens with one attached hydrogen (secondary N) is 1. The minimum atomic E-state index is -4.81. The summed E-state index contributed by atoms with van der Waals surface area (Å²) in [5.41, 5.74) is 1.48. The number of aromatic nitrogens is 1. The molecule has 2 aromatic carbocycles. The average Bonchev–Trinajstić information content (AvgIpc) is 3.24. The number of amides is 1. The van der Waals surface area contributed by atoms with Crippen molar-refractivity contribution in [3.8, 4) is 16.2 Å². The van der Waals surface area contributed by atoms with Gasteiger partial charge < -0.3 is 15.2 Å². The van der Waals surface area contributed by atoms with Crippen LogP contribution in [0, 0.1) is 11.8 Å². The van der Waals surface area contributed by atoms with Crippen molar-refractivity contribution in [1.29, 1.82) is 0 Å². The van der Waals surface area contributed by atoms with Crippen LogP contribution in [0.1, 0.15) is 60.4 Å². The van der Waals surface area contributed by atoms with Gasteiger partial charge in [-0.05, 0) is 42.7 Å². The van der Waals surface area contributed by atoms with Crippen molar-refractivity contribution in [3.63, 3.8) is 0 Å². The highest BCUT2D eigenvalue weighted by molar-refractivity contribution is 7.17. The fraction of sp³-hybridized carbons (Fsp3) is 0.444. The van der Waals surface area contributed by atoms with Gasteiger partial charge in [0.25, 0.3) is 5.91 Å². The lowest BCUT2D eigenvalue weighted by Crippen LogP contribution is -2.46. The average molecular weight is 533 g/mol. The molecule has 6 nitrogen and oxygen atoms in total. The molecule has 1 heterocycles. The van der Waals surface area contributed by atoms with Gasteiger partial charge in [0.05, 0.1) is 16.5 Å². The first-order chi connectivity index (χ1) is 17.7. The van der Waals surface area contributed by atoms with E-state index in [1.165, 1.54) is 23.8 Å². The molecule has 0 unspecified atom stereocenters. The Labute approximate surface area is 215 Å². The molecule has 1 amide bonds. The molecule has 0 radical (unpaired) electrons. The molecule has 0 bridgehead atoms. The van der Waals surface area contributed by atoms with E-state index in [-0.39, 0.29) is 22.7 Å². The quantitative estimate of drug-likeness (QED) is 0.359. The van der Waals surface area contributed by atoms with Crippen LogP contribution in [0.15, 0.2) is 36.4 Å². The largest absolute Gasteiger partial charge is 0.573 e. The molecule has 0 saturated heterocycles. The van der Waals surface area contributed by atoms with E-state index in [0.29, 0.717) is 41.5 Å². The second-order valence-corrected chi connectivity index (χ2v) is 10.9. The Morgan fingerprint density at radius 1 is 1.05 bits per heavy atom. The third-order valence-electron chi connectivity index (χ3n) is 7.28. The van der Waals surface area contributed by atoms with Gasteiger partial charge in [0, 0.05) is 17.0 Å². The van der Waals surface area contributed by atoms with Gasteiger partial charge in [0.15, 0.2) is 5.01 Å². The first kappa shape index (κ1) is 25.5. The lowest BCUT2D eigenvalue weighted by Gasteiger charge is -2.32. The number of thiazole rings is 1. The summed E-state index contributed by atoms with van der Waals surface area (Å²) in [6.45, 7) is 0. The van der Waals surface area contributed by atoms with Crippen molar-refractivity contribution in [2.24, 2.45) is 11.8 Å². The molecule has 2 N–H and O–H groups in total. The SMILES string of the molecule is O=C(NC1CC(C(=O)O)C1)c1nc(CC2CCCCC2)c(-c2ccc(OC(F)(F)F)c3ccccc23)s1. The predicted octanol–water partition coefficient (Wildman–Crippen LogP) is 6.58. The molecule has 196 valence electrons. The number of hydrogen-bond donors (Lipinski definition) is 2. The maximum Gasteiger partial charge on any atom is 0.573 e. The van der Waals surface area contributed by atoms with Crippen molar-refractivity contribution in [2.75, 3.05) is 0 Å². The molecule has 37 heavy (non-hydrogen) atoms. The third-order valence-corrected chi connectivity index (χ3v) is 8.40. The van der Waals surface area contributed by atoms with Crippen LogP contribution < -0.4 is 10.1 Å². The minimum absolute atomic E-state index is 0.206. The van der Waals surface area contributed by atoms with E-state index in [0.717, 1.165) is 36.3 Å². The standard InChI is InChI=1S/C27H27F3N2O4S/c28-27(29,30)36-22-11-10-20(18-8-4-5-9-19(18)22)23-21(12-15-6-2-1-3-7-15)32-25(37-23)24(33)31-17-13-16(14-17)26(34)35/h4-5,8-11,15-17H,1-3,6-7,12-14H2,(H,31,33)(H,34,35). The number of aliphatic carboxylic acids is 1. The lowest BCUT2D eigenvalue weighted by atomic mass is 9.80. The molecule has 5 rings (SSSR count). The highest BCUT2D eigenvalue weighted by Gasteiger charge is 2.36. The summed E-state index contributed by atoms with van der Waals surface area (Å²) in [6.07, 6.45) is 2.32.